The highest BCUT2D eigenvalue weighted by Crippen LogP contribution is 2.28. The van der Waals surface area contributed by atoms with Crippen LogP contribution in [0.2, 0.25) is 5.02 Å². The van der Waals surface area contributed by atoms with Gasteiger partial charge in [0.1, 0.15) is 5.75 Å². The number of thioether (sulfide) groups is 1. The van der Waals surface area contributed by atoms with E-state index in [1.165, 1.54) is 18.0 Å². The fraction of sp³-hybridized carbons (Fsp3) is 0.0455. The van der Waals surface area contributed by atoms with Crippen molar-refractivity contribution in [1.29, 1.82) is 0 Å². The van der Waals surface area contributed by atoms with Crippen molar-refractivity contribution in [1.82, 2.24) is 25.2 Å². The summed E-state index contributed by atoms with van der Waals surface area (Å²) in [5, 5.41) is 23.9. The van der Waals surface area contributed by atoms with Crippen LogP contribution in [-0.4, -0.2) is 42.7 Å². The SMILES string of the molecule is O=C(CSc1nnc(-c2ccncc2)n1-c1ccc(Cl)cc1)N/N=C/c1cc(I)cc(I)c1O. The van der Waals surface area contributed by atoms with Crippen LogP contribution in [0.4, 0.5) is 0 Å². The average Bonchev–Trinajstić information content (AvgIpc) is 3.26. The number of amides is 1. The molecule has 1 amide bonds. The molecular formula is C22H15ClI2N6O2S. The van der Waals surface area contributed by atoms with Gasteiger partial charge in [0.05, 0.1) is 15.5 Å². The van der Waals surface area contributed by atoms with Gasteiger partial charge in [-0.2, -0.15) is 5.10 Å². The fourth-order valence-electron chi connectivity index (χ4n) is 2.89. The molecule has 2 aromatic carbocycles. The summed E-state index contributed by atoms with van der Waals surface area (Å²) in [4.78, 5) is 16.5. The van der Waals surface area contributed by atoms with E-state index in [2.05, 4.69) is 48.3 Å². The van der Waals surface area contributed by atoms with Crippen LogP contribution < -0.4 is 5.43 Å². The van der Waals surface area contributed by atoms with Crippen molar-refractivity contribution in [2.75, 3.05) is 5.75 Å². The van der Waals surface area contributed by atoms with E-state index in [9.17, 15) is 9.90 Å². The van der Waals surface area contributed by atoms with Crippen LogP contribution in [0.5, 0.6) is 5.75 Å². The normalized spacial score (nSPS) is 11.1. The summed E-state index contributed by atoms with van der Waals surface area (Å²) in [6.45, 7) is 0. The Kier molecular flexibility index (Phi) is 8.39. The Bertz CT molecular complexity index is 1350. The van der Waals surface area contributed by atoms with Crippen molar-refractivity contribution in [3.8, 4) is 22.8 Å². The van der Waals surface area contributed by atoms with E-state index >= 15 is 0 Å². The number of pyridine rings is 1. The molecular weight excluding hydrogens is 702 g/mol. The number of aromatic hydroxyl groups is 1. The first-order valence-electron chi connectivity index (χ1n) is 9.67. The number of rotatable bonds is 7. The lowest BCUT2D eigenvalue weighted by molar-refractivity contribution is -0.118. The zero-order chi connectivity index (χ0) is 24.1. The molecule has 0 fully saturated rings. The number of nitrogens with zero attached hydrogens (tertiary/aromatic N) is 5. The van der Waals surface area contributed by atoms with Gasteiger partial charge >= 0.3 is 0 Å². The van der Waals surface area contributed by atoms with Gasteiger partial charge in [-0.25, -0.2) is 5.43 Å². The van der Waals surface area contributed by atoms with Crippen LogP contribution in [0.1, 0.15) is 5.56 Å². The van der Waals surface area contributed by atoms with Crippen LogP contribution in [-0.2, 0) is 4.79 Å². The summed E-state index contributed by atoms with van der Waals surface area (Å²) in [6.07, 6.45) is 4.78. The largest absolute Gasteiger partial charge is 0.506 e. The van der Waals surface area contributed by atoms with Gasteiger partial charge in [0, 0.05) is 37.8 Å². The molecule has 0 bridgehead atoms. The molecule has 0 atom stereocenters. The number of hydrogen-bond acceptors (Lipinski definition) is 7. The lowest BCUT2D eigenvalue weighted by Crippen LogP contribution is -2.20. The van der Waals surface area contributed by atoms with E-state index in [0.717, 1.165) is 14.8 Å². The maximum absolute atomic E-state index is 12.4. The monoisotopic (exact) mass is 716 g/mol. The second-order valence-corrected chi connectivity index (χ2v) is 10.5. The Labute approximate surface area is 231 Å². The highest BCUT2D eigenvalue weighted by atomic mass is 127. The van der Waals surface area contributed by atoms with E-state index in [1.54, 1.807) is 30.6 Å². The molecule has 0 radical (unpaired) electrons. The van der Waals surface area contributed by atoms with Crippen molar-refractivity contribution in [2.24, 2.45) is 5.10 Å². The van der Waals surface area contributed by atoms with Gasteiger partial charge in [-0.15, -0.1) is 10.2 Å². The molecule has 2 N–H and O–H groups in total. The molecule has 0 aliphatic carbocycles. The molecule has 0 aliphatic rings. The van der Waals surface area contributed by atoms with Crippen molar-refractivity contribution < 1.29 is 9.90 Å². The third kappa shape index (κ3) is 6.06. The van der Waals surface area contributed by atoms with Crippen LogP contribution in [0.15, 0.2) is 71.2 Å². The van der Waals surface area contributed by atoms with Gasteiger partial charge in [-0.05, 0) is 93.7 Å². The third-order valence-electron chi connectivity index (χ3n) is 4.44. The lowest BCUT2D eigenvalue weighted by Gasteiger charge is -2.10. The minimum absolute atomic E-state index is 0.0647. The van der Waals surface area contributed by atoms with Gasteiger partial charge in [0.15, 0.2) is 11.0 Å². The van der Waals surface area contributed by atoms with Gasteiger partial charge in [-0.1, -0.05) is 23.4 Å². The second kappa shape index (κ2) is 11.5. The first-order valence-corrected chi connectivity index (χ1v) is 13.2. The molecule has 0 aliphatic heterocycles. The van der Waals surface area contributed by atoms with Crippen LogP contribution >= 0.6 is 68.5 Å². The molecule has 0 spiro atoms. The standard InChI is InChI=1S/C22H15ClI2N6O2S/c23-15-1-3-17(4-2-15)31-21(13-5-7-26-8-6-13)29-30-22(31)34-12-19(32)28-27-11-14-9-16(24)10-18(25)20(14)33/h1-11,33H,12H2,(H,28,32)/b27-11+. The Morgan fingerprint density at radius 3 is 2.62 bits per heavy atom. The maximum Gasteiger partial charge on any atom is 0.250 e. The number of hydrogen-bond donors (Lipinski definition) is 2. The van der Waals surface area contributed by atoms with Gasteiger partial charge in [-0.3, -0.25) is 14.3 Å². The Hall–Kier alpha value is -2.23. The third-order valence-corrected chi connectivity index (χ3v) is 7.07. The number of halogens is 3. The molecule has 0 unspecified atom stereocenters. The quantitative estimate of drug-likeness (QED) is 0.119. The predicted octanol–water partition coefficient (Wildman–Crippen LogP) is 5.14. The van der Waals surface area contributed by atoms with Gasteiger partial charge < -0.3 is 5.11 Å². The molecule has 34 heavy (non-hydrogen) atoms. The summed E-state index contributed by atoms with van der Waals surface area (Å²) < 4.78 is 3.52. The highest BCUT2D eigenvalue weighted by molar-refractivity contribution is 14.1. The van der Waals surface area contributed by atoms with Gasteiger partial charge in [0.25, 0.3) is 5.91 Å². The van der Waals surface area contributed by atoms with Crippen molar-refractivity contribution >= 4 is 80.7 Å². The summed E-state index contributed by atoms with van der Waals surface area (Å²) in [6, 6.07) is 14.6. The maximum atomic E-state index is 12.4. The Morgan fingerprint density at radius 1 is 1.15 bits per heavy atom. The number of hydrazone groups is 1. The lowest BCUT2D eigenvalue weighted by atomic mass is 10.2. The highest BCUT2D eigenvalue weighted by Gasteiger charge is 2.17. The number of carbonyl (C=O) groups is 1. The minimum atomic E-state index is -0.322. The first-order chi connectivity index (χ1) is 16.4. The molecule has 172 valence electrons. The predicted molar refractivity (Wildman–Crippen MR) is 150 cm³/mol. The number of aromatic nitrogens is 4. The van der Waals surface area contributed by atoms with Crippen LogP contribution in [0, 0.1) is 7.14 Å². The topological polar surface area (TPSA) is 105 Å². The molecule has 0 saturated heterocycles. The van der Waals surface area contributed by atoms with Crippen LogP contribution in [0.3, 0.4) is 0 Å². The molecule has 4 aromatic rings. The average molecular weight is 717 g/mol. The number of phenolic OH excluding ortho intramolecular Hbond substituents is 1. The second-order valence-electron chi connectivity index (χ2n) is 6.76. The van der Waals surface area contributed by atoms with Gasteiger partial charge in [0.2, 0.25) is 0 Å². The zero-order valence-corrected chi connectivity index (χ0v) is 23.1. The van der Waals surface area contributed by atoms with E-state index in [1.807, 2.05) is 57.5 Å². The zero-order valence-electron chi connectivity index (χ0n) is 17.2. The molecule has 2 aromatic heterocycles. The number of phenols is 1. The molecule has 0 saturated carbocycles. The smallest absolute Gasteiger partial charge is 0.250 e. The van der Waals surface area contributed by atoms with Crippen LogP contribution in [0.25, 0.3) is 17.1 Å². The molecule has 2 heterocycles. The summed E-state index contributed by atoms with van der Waals surface area (Å²) >= 11 is 11.5. The molecule has 8 nitrogen and oxygen atoms in total. The summed E-state index contributed by atoms with van der Waals surface area (Å²) in [7, 11) is 0. The van der Waals surface area contributed by atoms with Crippen molar-refractivity contribution in [2.45, 2.75) is 5.16 Å². The van der Waals surface area contributed by atoms with E-state index in [0.29, 0.717) is 25.1 Å². The number of benzene rings is 2. The molecule has 4 rings (SSSR count). The van der Waals surface area contributed by atoms with E-state index in [4.69, 9.17) is 11.6 Å². The van der Waals surface area contributed by atoms with Crippen molar-refractivity contribution in [3.63, 3.8) is 0 Å². The number of nitrogens with one attached hydrogen (secondary N) is 1. The molecule has 12 heteroatoms. The Balaban J connectivity index is 1.50. The van der Waals surface area contributed by atoms with E-state index < -0.39 is 0 Å². The first kappa shape index (κ1) is 24.9. The summed E-state index contributed by atoms with van der Waals surface area (Å²) in [5.41, 5.74) is 4.65. The van der Waals surface area contributed by atoms with E-state index in [-0.39, 0.29) is 17.4 Å². The summed E-state index contributed by atoms with van der Waals surface area (Å²) in [5.74, 6) is 0.481. The van der Waals surface area contributed by atoms with Crippen molar-refractivity contribution in [3.05, 3.63) is 78.7 Å². The Morgan fingerprint density at radius 2 is 1.88 bits per heavy atom. The number of carbonyl (C=O) groups excluding carboxylic acids is 1. The fourth-order valence-corrected chi connectivity index (χ4v) is 5.65. The minimum Gasteiger partial charge on any atom is -0.506 e.